The molecule has 0 aromatic carbocycles. The normalized spacial score (nSPS) is 9.75. The summed E-state index contributed by atoms with van der Waals surface area (Å²) in [5, 5.41) is 8.50. The SMILES string of the molecule is Cc1cc(N)ncc1CC(=O)O. The Morgan fingerprint density at radius 2 is 2.42 bits per heavy atom. The molecule has 1 aromatic heterocycles. The predicted octanol–water partition coefficient (Wildman–Crippen LogP) is 0.599. The molecule has 0 spiro atoms. The molecule has 0 fully saturated rings. The van der Waals surface area contributed by atoms with Gasteiger partial charge in [-0.3, -0.25) is 4.79 Å². The summed E-state index contributed by atoms with van der Waals surface area (Å²) in [7, 11) is 0. The number of nitrogen functional groups attached to an aromatic ring is 1. The molecule has 4 nitrogen and oxygen atoms in total. The van der Waals surface area contributed by atoms with E-state index < -0.39 is 5.97 Å². The highest BCUT2D eigenvalue weighted by Gasteiger charge is 2.03. The largest absolute Gasteiger partial charge is 0.481 e. The smallest absolute Gasteiger partial charge is 0.307 e. The molecular formula is C8H10N2O2. The molecule has 0 bridgehead atoms. The van der Waals surface area contributed by atoms with E-state index in [2.05, 4.69) is 4.98 Å². The molecular weight excluding hydrogens is 156 g/mol. The van der Waals surface area contributed by atoms with Crippen molar-refractivity contribution in [2.75, 3.05) is 5.73 Å². The van der Waals surface area contributed by atoms with Crippen LogP contribution in [0.5, 0.6) is 0 Å². The van der Waals surface area contributed by atoms with Crippen molar-refractivity contribution in [1.82, 2.24) is 4.98 Å². The summed E-state index contributed by atoms with van der Waals surface area (Å²) in [5.41, 5.74) is 6.97. The van der Waals surface area contributed by atoms with Gasteiger partial charge in [-0.05, 0) is 24.1 Å². The highest BCUT2D eigenvalue weighted by atomic mass is 16.4. The standard InChI is InChI=1S/C8H10N2O2/c1-5-2-7(9)10-4-6(5)3-8(11)12/h2,4H,3H2,1H3,(H2,9,10)(H,11,12). The third-order valence-electron chi connectivity index (χ3n) is 1.58. The first-order valence-corrected chi connectivity index (χ1v) is 3.52. The third kappa shape index (κ3) is 1.95. The molecule has 1 aromatic rings. The van der Waals surface area contributed by atoms with Crippen molar-refractivity contribution in [1.29, 1.82) is 0 Å². The average molecular weight is 166 g/mol. The maximum atomic E-state index is 10.3. The van der Waals surface area contributed by atoms with E-state index in [9.17, 15) is 4.79 Å². The lowest BCUT2D eigenvalue weighted by Gasteiger charge is -2.01. The van der Waals surface area contributed by atoms with Gasteiger partial charge in [0.1, 0.15) is 5.82 Å². The van der Waals surface area contributed by atoms with Crippen LogP contribution in [-0.2, 0) is 11.2 Å². The minimum atomic E-state index is -0.857. The molecule has 1 rings (SSSR count). The van der Waals surface area contributed by atoms with Crippen molar-refractivity contribution >= 4 is 11.8 Å². The van der Waals surface area contributed by atoms with Crippen LogP contribution in [0.15, 0.2) is 12.3 Å². The number of aryl methyl sites for hydroxylation is 1. The predicted molar refractivity (Wildman–Crippen MR) is 44.7 cm³/mol. The van der Waals surface area contributed by atoms with Crippen LogP contribution in [0.2, 0.25) is 0 Å². The molecule has 0 aliphatic carbocycles. The van der Waals surface area contributed by atoms with Gasteiger partial charge < -0.3 is 10.8 Å². The van der Waals surface area contributed by atoms with Gasteiger partial charge >= 0.3 is 5.97 Å². The van der Waals surface area contributed by atoms with Crippen LogP contribution < -0.4 is 5.73 Å². The van der Waals surface area contributed by atoms with Gasteiger partial charge in [0.2, 0.25) is 0 Å². The molecule has 0 amide bonds. The zero-order chi connectivity index (χ0) is 9.14. The lowest BCUT2D eigenvalue weighted by molar-refractivity contribution is -0.136. The summed E-state index contributed by atoms with van der Waals surface area (Å²) in [5.74, 6) is -0.439. The fourth-order valence-corrected chi connectivity index (χ4v) is 0.954. The molecule has 0 saturated carbocycles. The number of carboxylic acid groups (broad SMARTS) is 1. The summed E-state index contributed by atoms with van der Waals surface area (Å²) in [6.07, 6.45) is 1.50. The number of nitrogens with zero attached hydrogens (tertiary/aromatic N) is 1. The number of nitrogens with two attached hydrogens (primary N) is 1. The molecule has 0 radical (unpaired) electrons. The van der Waals surface area contributed by atoms with Crippen molar-refractivity contribution in [2.45, 2.75) is 13.3 Å². The lowest BCUT2D eigenvalue weighted by Crippen LogP contribution is -2.03. The van der Waals surface area contributed by atoms with Crippen LogP contribution in [-0.4, -0.2) is 16.1 Å². The van der Waals surface area contributed by atoms with Crippen molar-refractivity contribution in [3.8, 4) is 0 Å². The molecule has 0 unspecified atom stereocenters. The van der Waals surface area contributed by atoms with E-state index in [1.54, 1.807) is 6.07 Å². The second-order valence-electron chi connectivity index (χ2n) is 2.61. The van der Waals surface area contributed by atoms with Gasteiger partial charge in [0.15, 0.2) is 0 Å². The average Bonchev–Trinajstić information content (AvgIpc) is 1.94. The van der Waals surface area contributed by atoms with E-state index in [4.69, 9.17) is 10.8 Å². The summed E-state index contributed by atoms with van der Waals surface area (Å²) in [6, 6.07) is 1.66. The van der Waals surface area contributed by atoms with Gasteiger partial charge in [0, 0.05) is 6.20 Å². The van der Waals surface area contributed by atoms with Crippen molar-refractivity contribution in [2.24, 2.45) is 0 Å². The first-order chi connectivity index (χ1) is 5.59. The summed E-state index contributed by atoms with van der Waals surface area (Å²) in [4.78, 5) is 14.2. The van der Waals surface area contributed by atoms with E-state index in [1.165, 1.54) is 6.20 Å². The number of aliphatic carboxylic acids is 1. The highest BCUT2D eigenvalue weighted by Crippen LogP contribution is 2.09. The van der Waals surface area contributed by atoms with Gasteiger partial charge in [-0.15, -0.1) is 0 Å². The van der Waals surface area contributed by atoms with Crippen LogP contribution in [0.4, 0.5) is 5.82 Å². The van der Waals surface area contributed by atoms with Gasteiger partial charge in [-0.25, -0.2) is 4.98 Å². The zero-order valence-electron chi connectivity index (χ0n) is 6.74. The van der Waals surface area contributed by atoms with Crippen molar-refractivity contribution < 1.29 is 9.90 Å². The van der Waals surface area contributed by atoms with Crippen molar-refractivity contribution in [3.05, 3.63) is 23.4 Å². The first-order valence-electron chi connectivity index (χ1n) is 3.52. The quantitative estimate of drug-likeness (QED) is 0.674. The number of carboxylic acids is 1. The van der Waals surface area contributed by atoms with Crippen LogP contribution in [0.1, 0.15) is 11.1 Å². The Labute approximate surface area is 70.0 Å². The molecule has 0 atom stereocenters. The van der Waals surface area contributed by atoms with Gasteiger partial charge in [-0.1, -0.05) is 0 Å². The molecule has 0 aliphatic rings. The maximum absolute atomic E-state index is 10.3. The topological polar surface area (TPSA) is 76.2 Å². The van der Waals surface area contributed by atoms with Crippen LogP contribution in [0.25, 0.3) is 0 Å². The minimum Gasteiger partial charge on any atom is -0.481 e. The number of aromatic nitrogens is 1. The fraction of sp³-hybridized carbons (Fsp3) is 0.250. The molecule has 64 valence electrons. The number of anilines is 1. The minimum absolute atomic E-state index is 0.000880. The van der Waals surface area contributed by atoms with E-state index in [1.807, 2.05) is 6.92 Å². The third-order valence-corrected chi connectivity index (χ3v) is 1.58. The van der Waals surface area contributed by atoms with Gasteiger partial charge in [0.05, 0.1) is 6.42 Å². The Morgan fingerprint density at radius 1 is 1.75 bits per heavy atom. The number of hydrogen-bond acceptors (Lipinski definition) is 3. The van der Waals surface area contributed by atoms with Crippen molar-refractivity contribution in [3.63, 3.8) is 0 Å². The first kappa shape index (κ1) is 8.52. The maximum Gasteiger partial charge on any atom is 0.307 e. The zero-order valence-corrected chi connectivity index (χ0v) is 6.74. The second kappa shape index (κ2) is 3.21. The van der Waals surface area contributed by atoms with E-state index in [0.717, 1.165) is 5.56 Å². The lowest BCUT2D eigenvalue weighted by atomic mass is 10.1. The van der Waals surface area contributed by atoms with E-state index in [0.29, 0.717) is 11.4 Å². The fourth-order valence-electron chi connectivity index (χ4n) is 0.954. The Balaban J connectivity index is 2.93. The molecule has 3 N–H and O–H groups in total. The Kier molecular flexibility index (Phi) is 2.28. The Bertz CT molecular complexity index is 310. The summed E-state index contributed by atoms with van der Waals surface area (Å²) in [6.45, 7) is 1.82. The molecule has 4 heteroatoms. The van der Waals surface area contributed by atoms with Gasteiger partial charge in [-0.2, -0.15) is 0 Å². The van der Waals surface area contributed by atoms with Crippen LogP contribution in [0.3, 0.4) is 0 Å². The van der Waals surface area contributed by atoms with Crippen LogP contribution in [0, 0.1) is 6.92 Å². The molecule has 12 heavy (non-hydrogen) atoms. The number of pyridine rings is 1. The van der Waals surface area contributed by atoms with Crippen LogP contribution >= 0.6 is 0 Å². The Hall–Kier alpha value is -1.58. The highest BCUT2D eigenvalue weighted by molar-refractivity contribution is 5.70. The number of hydrogen-bond donors (Lipinski definition) is 2. The van der Waals surface area contributed by atoms with Gasteiger partial charge in [0.25, 0.3) is 0 Å². The molecule has 0 saturated heterocycles. The molecule has 1 heterocycles. The summed E-state index contributed by atoms with van der Waals surface area (Å²) < 4.78 is 0. The Morgan fingerprint density at radius 3 is 2.92 bits per heavy atom. The molecule has 0 aliphatic heterocycles. The number of rotatable bonds is 2. The summed E-state index contributed by atoms with van der Waals surface area (Å²) >= 11 is 0. The van der Waals surface area contributed by atoms with E-state index >= 15 is 0 Å². The van der Waals surface area contributed by atoms with E-state index in [-0.39, 0.29) is 6.42 Å². The number of carbonyl (C=O) groups is 1. The second-order valence-corrected chi connectivity index (χ2v) is 2.61. The monoisotopic (exact) mass is 166 g/mol.